The fourth-order valence-electron chi connectivity index (χ4n) is 1.23. The molecule has 0 saturated heterocycles. The van der Waals surface area contributed by atoms with Gasteiger partial charge in [0, 0.05) is 0 Å². The van der Waals surface area contributed by atoms with Crippen LogP contribution in [0.2, 0.25) is 0 Å². The SMILES string of the molecule is CCOC(=O)Nc1ccccc1OCCC(N)=O. The van der Waals surface area contributed by atoms with Gasteiger partial charge in [-0.05, 0) is 19.1 Å². The summed E-state index contributed by atoms with van der Waals surface area (Å²) in [5.74, 6) is 0.0256. The monoisotopic (exact) mass is 252 g/mol. The fourth-order valence-corrected chi connectivity index (χ4v) is 1.23. The summed E-state index contributed by atoms with van der Waals surface area (Å²) in [4.78, 5) is 21.9. The molecule has 1 aromatic rings. The number of nitrogens with two attached hydrogens (primary N) is 1. The number of hydrogen-bond donors (Lipinski definition) is 2. The molecule has 0 aliphatic carbocycles. The fraction of sp³-hybridized carbons (Fsp3) is 0.333. The van der Waals surface area contributed by atoms with Gasteiger partial charge in [-0.3, -0.25) is 10.1 Å². The van der Waals surface area contributed by atoms with Gasteiger partial charge < -0.3 is 15.2 Å². The summed E-state index contributed by atoms with van der Waals surface area (Å²) < 4.78 is 10.1. The zero-order valence-electron chi connectivity index (χ0n) is 10.1. The van der Waals surface area contributed by atoms with Crippen LogP contribution in [0.5, 0.6) is 5.75 Å². The molecular weight excluding hydrogens is 236 g/mol. The van der Waals surface area contributed by atoms with Crippen molar-refractivity contribution in [2.24, 2.45) is 5.73 Å². The average Bonchev–Trinajstić information content (AvgIpc) is 2.31. The first kappa shape index (κ1) is 13.8. The Kier molecular flexibility index (Phi) is 5.50. The van der Waals surface area contributed by atoms with Crippen molar-refractivity contribution in [3.8, 4) is 5.75 Å². The van der Waals surface area contributed by atoms with Gasteiger partial charge in [-0.15, -0.1) is 0 Å². The predicted molar refractivity (Wildman–Crippen MR) is 66.4 cm³/mol. The number of ether oxygens (including phenoxy) is 2. The van der Waals surface area contributed by atoms with Crippen molar-refractivity contribution in [1.82, 2.24) is 0 Å². The van der Waals surface area contributed by atoms with Crippen LogP contribution < -0.4 is 15.8 Å². The largest absolute Gasteiger partial charge is 0.491 e. The molecule has 0 radical (unpaired) electrons. The Bertz CT molecular complexity index is 420. The molecule has 6 heteroatoms. The van der Waals surface area contributed by atoms with Crippen molar-refractivity contribution in [3.05, 3.63) is 24.3 Å². The smallest absolute Gasteiger partial charge is 0.411 e. The van der Waals surface area contributed by atoms with Gasteiger partial charge in [-0.1, -0.05) is 12.1 Å². The van der Waals surface area contributed by atoms with Crippen molar-refractivity contribution in [3.63, 3.8) is 0 Å². The van der Waals surface area contributed by atoms with E-state index in [0.717, 1.165) is 0 Å². The van der Waals surface area contributed by atoms with Gasteiger partial charge >= 0.3 is 6.09 Å². The molecule has 0 atom stereocenters. The normalized spacial score (nSPS) is 9.61. The quantitative estimate of drug-likeness (QED) is 0.802. The van der Waals surface area contributed by atoms with Crippen molar-refractivity contribution in [2.45, 2.75) is 13.3 Å². The summed E-state index contributed by atoms with van der Waals surface area (Å²) in [5.41, 5.74) is 5.49. The average molecular weight is 252 g/mol. The second kappa shape index (κ2) is 7.16. The van der Waals surface area contributed by atoms with Crippen molar-refractivity contribution in [2.75, 3.05) is 18.5 Å². The molecule has 98 valence electrons. The Morgan fingerprint density at radius 1 is 1.33 bits per heavy atom. The lowest BCUT2D eigenvalue weighted by atomic mass is 10.3. The van der Waals surface area contributed by atoms with Gasteiger partial charge in [-0.2, -0.15) is 0 Å². The number of carbonyl (C=O) groups excluding carboxylic acids is 2. The molecule has 6 nitrogen and oxygen atoms in total. The number of hydrogen-bond acceptors (Lipinski definition) is 4. The highest BCUT2D eigenvalue weighted by Crippen LogP contribution is 2.23. The highest BCUT2D eigenvalue weighted by molar-refractivity contribution is 5.86. The number of nitrogens with one attached hydrogen (secondary N) is 1. The van der Waals surface area contributed by atoms with E-state index in [2.05, 4.69) is 5.32 Å². The molecule has 0 aliphatic heterocycles. The predicted octanol–water partition coefficient (Wildman–Crippen LogP) is 1.51. The molecule has 1 aromatic carbocycles. The zero-order valence-corrected chi connectivity index (χ0v) is 10.1. The number of amides is 2. The molecule has 0 fully saturated rings. The number of primary amides is 1. The Labute approximate surface area is 105 Å². The van der Waals surface area contributed by atoms with E-state index in [1.807, 2.05) is 0 Å². The minimum Gasteiger partial charge on any atom is -0.491 e. The van der Waals surface area contributed by atoms with Crippen LogP contribution in [0.4, 0.5) is 10.5 Å². The highest BCUT2D eigenvalue weighted by Gasteiger charge is 2.07. The van der Waals surface area contributed by atoms with Gasteiger partial charge in [0.2, 0.25) is 5.91 Å². The van der Waals surface area contributed by atoms with Gasteiger partial charge in [0.25, 0.3) is 0 Å². The summed E-state index contributed by atoms with van der Waals surface area (Å²) in [6.07, 6.45) is -0.434. The molecule has 0 saturated carbocycles. The van der Waals surface area contributed by atoms with Gasteiger partial charge in [0.15, 0.2) is 0 Å². The maximum Gasteiger partial charge on any atom is 0.411 e. The van der Waals surface area contributed by atoms with E-state index in [0.29, 0.717) is 11.4 Å². The lowest BCUT2D eigenvalue weighted by Crippen LogP contribution is -2.16. The standard InChI is InChI=1S/C12H16N2O4/c1-2-17-12(16)14-9-5-3-4-6-10(9)18-8-7-11(13)15/h3-6H,2,7-8H2,1H3,(H2,13,15)(H,14,16). The van der Waals surface area contributed by atoms with Crippen molar-refractivity contribution < 1.29 is 19.1 Å². The zero-order chi connectivity index (χ0) is 13.4. The van der Waals surface area contributed by atoms with E-state index in [-0.39, 0.29) is 19.6 Å². The Morgan fingerprint density at radius 3 is 2.72 bits per heavy atom. The molecular formula is C12H16N2O4. The second-order valence-corrected chi connectivity index (χ2v) is 3.41. The molecule has 2 amide bonds. The lowest BCUT2D eigenvalue weighted by Gasteiger charge is -2.11. The minimum atomic E-state index is -0.552. The maximum absolute atomic E-state index is 11.3. The number of rotatable bonds is 6. The summed E-state index contributed by atoms with van der Waals surface area (Å²) in [7, 11) is 0. The van der Waals surface area contributed by atoms with Crippen LogP contribution in [-0.2, 0) is 9.53 Å². The van der Waals surface area contributed by atoms with E-state index in [1.165, 1.54) is 0 Å². The first-order valence-corrected chi connectivity index (χ1v) is 5.57. The van der Waals surface area contributed by atoms with Crippen LogP contribution >= 0.6 is 0 Å². The molecule has 3 N–H and O–H groups in total. The summed E-state index contributed by atoms with van der Waals surface area (Å²) in [6, 6.07) is 6.87. The van der Waals surface area contributed by atoms with E-state index in [9.17, 15) is 9.59 Å². The first-order chi connectivity index (χ1) is 8.63. The Morgan fingerprint density at radius 2 is 2.06 bits per heavy atom. The number of benzene rings is 1. The van der Waals surface area contributed by atoms with Crippen LogP contribution in [-0.4, -0.2) is 25.2 Å². The third-order valence-corrected chi connectivity index (χ3v) is 2.01. The maximum atomic E-state index is 11.3. The van der Waals surface area contributed by atoms with Gasteiger partial charge in [-0.25, -0.2) is 4.79 Å². The van der Waals surface area contributed by atoms with E-state index < -0.39 is 12.0 Å². The van der Waals surface area contributed by atoms with Crippen LogP contribution in [0, 0.1) is 0 Å². The van der Waals surface area contributed by atoms with Gasteiger partial charge in [0.1, 0.15) is 5.75 Å². The molecule has 1 rings (SSSR count). The highest BCUT2D eigenvalue weighted by atomic mass is 16.5. The second-order valence-electron chi connectivity index (χ2n) is 3.41. The molecule has 0 aromatic heterocycles. The molecule has 0 unspecified atom stereocenters. The van der Waals surface area contributed by atoms with Crippen LogP contribution in [0.3, 0.4) is 0 Å². The number of carbonyl (C=O) groups is 2. The van der Waals surface area contributed by atoms with Crippen molar-refractivity contribution in [1.29, 1.82) is 0 Å². The number of anilines is 1. The topological polar surface area (TPSA) is 90.7 Å². The van der Waals surface area contributed by atoms with Crippen molar-refractivity contribution >= 4 is 17.7 Å². The summed E-state index contributed by atoms with van der Waals surface area (Å²) in [5, 5.41) is 2.55. The van der Waals surface area contributed by atoms with Crippen LogP contribution in [0.1, 0.15) is 13.3 Å². The third kappa shape index (κ3) is 4.73. The molecule has 0 heterocycles. The summed E-state index contributed by atoms with van der Waals surface area (Å²) >= 11 is 0. The summed E-state index contributed by atoms with van der Waals surface area (Å²) in [6.45, 7) is 2.17. The van der Waals surface area contributed by atoms with E-state index in [4.69, 9.17) is 15.2 Å². The molecule has 0 spiro atoms. The first-order valence-electron chi connectivity index (χ1n) is 5.57. The number of para-hydroxylation sites is 2. The molecule has 0 aliphatic rings. The van der Waals surface area contributed by atoms with E-state index in [1.54, 1.807) is 31.2 Å². The molecule has 0 bridgehead atoms. The lowest BCUT2D eigenvalue weighted by molar-refractivity contribution is -0.118. The Balaban J connectivity index is 2.61. The van der Waals surface area contributed by atoms with E-state index >= 15 is 0 Å². The Hall–Kier alpha value is -2.24. The minimum absolute atomic E-state index is 0.119. The molecule has 18 heavy (non-hydrogen) atoms. The van der Waals surface area contributed by atoms with Crippen LogP contribution in [0.25, 0.3) is 0 Å². The third-order valence-electron chi connectivity index (χ3n) is 2.01. The van der Waals surface area contributed by atoms with Gasteiger partial charge in [0.05, 0.1) is 25.3 Å². The van der Waals surface area contributed by atoms with Crippen LogP contribution in [0.15, 0.2) is 24.3 Å².